The van der Waals surface area contributed by atoms with E-state index in [1.54, 1.807) is 41.5 Å². The third kappa shape index (κ3) is 12.2. The lowest BCUT2D eigenvalue weighted by Crippen LogP contribution is -2.38. The van der Waals surface area contributed by atoms with Gasteiger partial charge in [0.25, 0.3) is 11.8 Å². The van der Waals surface area contributed by atoms with E-state index in [0.717, 1.165) is 0 Å². The second kappa shape index (κ2) is 11.9. The lowest BCUT2D eigenvalue weighted by molar-refractivity contribution is 0.0516. The van der Waals surface area contributed by atoms with E-state index in [1.165, 1.54) is 18.2 Å². The van der Waals surface area contributed by atoms with E-state index in [4.69, 9.17) is 15.2 Å². The van der Waals surface area contributed by atoms with Crippen molar-refractivity contribution in [3.8, 4) is 0 Å². The Morgan fingerprint density at radius 1 is 0.667 bits per heavy atom. The summed E-state index contributed by atoms with van der Waals surface area (Å²) in [5.74, 6) is -0.900. The van der Waals surface area contributed by atoms with Gasteiger partial charge in [-0.15, -0.1) is 0 Å². The smallest absolute Gasteiger partial charge is 0.407 e. The first-order chi connectivity index (χ1) is 15.2. The quantitative estimate of drug-likeness (QED) is 0.289. The minimum absolute atomic E-state index is 0.157. The van der Waals surface area contributed by atoms with Crippen LogP contribution in [0, 0.1) is 0 Å². The molecular formula is C22H35N5O6. The van der Waals surface area contributed by atoms with Crippen LogP contribution in [0.2, 0.25) is 0 Å². The molecule has 0 unspecified atom stereocenters. The van der Waals surface area contributed by atoms with Gasteiger partial charge in [-0.2, -0.15) is 0 Å². The van der Waals surface area contributed by atoms with E-state index in [9.17, 15) is 19.2 Å². The molecule has 0 spiro atoms. The molecule has 0 aliphatic carbocycles. The number of amides is 4. The van der Waals surface area contributed by atoms with E-state index in [2.05, 4.69) is 21.3 Å². The van der Waals surface area contributed by atoms with Crippen molar-refractivity contribution in [2.45, 2.75) is 52.7 Å². The van der Waals surface area contributed by atoms with Crippen LogP contribution in [-0.2, 0) is 9.47 Å². The number of benzene rings is 1. The molecule has 0 saturated carbocycles. The summed E-state index contributed by atoms with van der Waals surface area (Å²) in [5, 5.41) is 10.3. The third-order valence-corrected chi connectivity index (χ3v) is 3.64. The van der Waals surface area contributed by atoms with Crippen LogP contribution in [0.5, 0.6) is 0 Å². The highest BCUT2D eigenvalue weighted by atomic mass is 16.6. The van der Waals surface area contributed by atoms with Crippen LogP contribution >= 0.6 is 0 Å². The first kappa shape index (κ1) is 27.5. The molecule has 0 radical (unpaired) electrons. The Morgan fingerprint density at radius 2 is 1.00 bits per heavy atom. The first-order valence-corrected chi connectivity index (χ1v) is 10.6. The maximum atomic E-state index is 12.4. The molecule has 0 heterocycles. The molecule has 33 heavy (non-hydrogen) atoms. The summed E-state index contributed by atoms with van der Waals surface area (Å²) < 4.78 is 10.2. The Hall–Kier alpha value is -3.50. The molecule has 184 valence electrons. The molecule has 11 heteroatoms. The number of nitrogens with two attached hydrogens (primary N) is 1. The highest BCUT2D eigenvalue weighted by molar-refractivity contribution is 6.01. The van der Waals surface area contributed by atoms with Gasteiger partial charge in [0.2, 0.25) is 0 Å². The molecule has 0 saturated heterocycles. The van der Waals surface area contributed by atoms with Crippen molar-refractivity contribution in [2.75, 3.05) is 31.9 Å². The Morgan fingerprint density at radius 3 is 1.33 bits per heavy atom. The van der Waals surface area contributed by atoms with Gasteiger partial charge < -0.3 is 36.5 Å². The van der Waals surface area contributed by atoms with Gasteiger partial charge in [0, 0.05) is 43.0 Å². The van der Waals surface area contributed by atoms with Crippen LogP contribution in [-0.4, -0.2) is 61.4 Å². The number of carbonyl (C=O) groups excluding carboxylic acids is 4. The summed E-state index contributed by atoms with van der Waals surface area (Å²) in [6, 6.07) is 4.29. The summed E-state index contributed by atoms with van der Waals surface area (Å²) in [6.07, 6.45) is -1.17. The average Bonchev–Trinajstić information content (AvgIpc) is 2.65. The number of rotatable bonds is 8. The number of alkyl carbamates (subject to hydrolysis) is 2. The highest BCUT2D eigenvalue weighted by Crippen LogP contribution is 2.12. The topological polar surface area (TPSA) is 161 Å². The first-order valence-electron chi connectivity index (χ1n) is 10.6. The molecule has 0 bridgehead atoms. The van der Waals surface area contributed by atoms with Crippen molar-refractivity contribution >= 4 is 29.7 Å². The zero-order valence-electron chi connectivity index (χ0n) is 20.1. The predicted molar refractivity (Wildman–Crippen MR) is 124 cm³/mol. The second-order valence-corrected chi connectivity index (χ2v) is 9.21. The number of nitrogen functional groups attached to an aromatic ring is 1. The molecular weight excluding hydrogens is 430 g/mol. The van der Waals surface area contributed by atoms with Crippen molar-refractivity contribution in [3.05, 3.63) is 29.3 Å². The van der Waals surface area contributed by atoms with Gasteiger partial charge in [-0.05, 0) is 59.7 Å². The highest BCUT2D eigenvalue weighted by Gasteiger charge is 2.17. The summed E-state index contributed by atoms with van der Waals surface area (Å²) in [6.45, 7) is 11.1. The lowest BCUT2D eigenvalue weighted by atomic mass is 10.1. The van der Waals surface area contributed by atoms with Crippen LogP contribution in [0.1, 0.15) is 62.3 Å². The van der Waals surface area contributed by atoms with Crippen LogP contribution < -0.4 is 27.0 Å². The number of ether oxygens (including phenoxy) is 2. The maximum absolute atomic E-state index is 12.4. The molecule has 11 nitrogen and oxygen atoms in total. The standard InChI is InChI=1S/C22H35N5O6/c1-21(2,3)32-19(30)26-9-7-24-17(28)14-11-15(13-16(23)12-14)18(29)25-8-10-27-20(31)33-22(4,5)6/h11-13H,7-10,23H2,1-6H3,(H,24,28)(H,25,29)(H,26,30)(H,27,31). The van der Waals surface area contributed by atoms with Gasteiger partial charge in [-0.1, -0.05) is 0 Å². The lowest BCUT2D eigenvalue weighted by Gasteiger charge is -2.19. The molecule has 0 aromatic heterocycles. The predicted octanol–water partition coefficient (Wildman–Crippen LogP) is 1.78. The number of hydrogen-bond acceptors (Lipinski definition) is 7. The molecule has 6 N–H and O–H groups in total. The van der Waals surface area contributed by atoms with Crippen LogP contribution in [0.25, 0.3) is 0 Å². The van der Waals surface area contributed by atoms with Gasteiger partial charge in [0.05, 0.1) is 0 Å². The fourth-order valence-electron chi connectivity index (χ4n) is 2.43. The number of anilines is 1. The van der Waals surface area contributed by atoms with Crippen molar-refractivity contribution < 1.29 is 28.7 Å². The van der Waals surface area contributed by atoms with Crippen molar-refractivity contribution in [1.82, 2.24) is 21.3 Å². The fourth-order valence-corrected chi connectivity index (χ4v) is 2.43. The summed E-state index contributed by atoms with van der Waals surface area (Å²) in [4.78, 5) is 48.0. The summed E-state index contributed by atoms with van der Waals surface area (Å²) in [7, 11) is 0. The Bertz CT molecular complexity index is 792. The largest absolute Gasteiger partial charge is 0.444 e. The third-order valence-electron chi connectivity index (χ3n) is 3.64. The second-order valence-electron chi connectivity index (χ2n) is 9.21. The minimum atomic E-state index is -0.613. The van der Waals surface area contributed by atoms with E-state index in [1.807, 2.05) is 0 Å². The molecule has 1 aromatic rings. The molecule has 0 aliphatic rings. The average molecular weight is 466 g/mol. The zero-order chi connectivity index (χ0) is 25.2. The Kier molecular flexibility index (Phi) is 9.96. The van der Waals surface area contributed by atoms with Crippen LogP contribution in [0.15, 0.2) is 18.2 Å². The minimum Gasteiger partial charge on any atom is -0.444 e. The maximum Gasteiger partial charge on any atom is 0.407 e. The van der Waals surface area contributed by atoms with E-state index in [-0.39, 0.29) is 43.0 Å². The monoisotopic (exact) mass is 465 g/mol. The van der Waals surface area contributed by atoms with E-state index < -0.39 is 35.2 Å². The van der Waals surface area contributed by atoms with Gasteiger partial charge in [-0.25, -0.2) is 9.59 Å². The molecule has 4 amide bonds. The van der Waals surface area contributed by atoms with Crippen LogP contribution in [0.4, 0.5) is 15.3 Å². The van der Waals surface area contributed by atoms with Crippen molar-refractivity contribution in [3.63, 3.8) is 0 Å². The molecule has 0 aliphatic heterocycles. The van der Waals surface area contributed by atoms with Crippen molar-refractivity contribution in [1.29, 1.82) is 0 Å². The van der Waals surface area contributed by atoms with E-state index >= 15 is 0 Å². The van der Waals surface area contributed by atoms with Gasteiger partial charge in [0.1, 0.15) is 11.2 Å². The fraction of sp³-hybridized carbons (Fsp3) is 0.545. The zero-order valence-corrected chi connectivity index (χ0v) is 20.1. The molecule has 1 rings (SSSR count). The molecule has 0 fully saturated rings. The molecule has 0 atom stereocenters. The Balaban J connectivity index is 2.51. The summed E-state index contributed by atoms with van der Waals surface area (Å²) in [5.41, 5.74) is 5.25. The Labute approximate surface area is 194 Å². The normalized spacial score (nSPS) is 11.2. The van der Waals surface area contributed by atoms with Crippen LogP contribution in [0.3, 0.4) is 0 Å². The number of carbonyl (C=O) groups is 4. The summed E-state index contributed by atoms with van der Waals surface area (Å²) >= 11 is 0. The van der Waals surface area contributed by atoms with Gasteiger partial charge in [0.15, 0.2) is 0 Å². The SMILES string of the molecule is CC(C)(C)OC(=O)NCCNC(=O)c1cc(N)cc(C(=O)NCCNC(=O)OC(C)(C)C)c1. The van der Waals surface area contributed by atoms with Gasteiger partial charge >= 0.3 is 12.2 Å². The van der Waals surface area contributed by atoms with Gasteiger partial charge in [-0.3, -0.25) is 9.59 Å². The number of hydrogen-bond donors (Lipinski definition) is 5. The van der Waals surface area contributed by atoms with Crippen molar-refractivity contribution in [2.24, 2.45) is 0 Å². The number of nitrogens with one attached hydrogen (secondary N) is 4. The van der Waals surface area contributed by atoms with E-state index in [0.29, 0.717) is 0 Å². The molecule has 1 aromatic carbocycles.